The second-order valence-electron chi connectivity index (χ2n) is 3.58. The van der Waals surface area contributed by atoms with Gasteiger partial charge in [0.15, 0.2) is 0 Å². The molecule has 80 valence electrons. The number of halogens is 2. The molecule has 0 spiro atoms. The van der Waals surface area contributed by atoms with Crippen molar-refractivity contribution in [2.24, 2.45) is 10.9 Å². The molecule has 0 aliphatic heterocycles. The predicted octanol–water partition coefficient (Wildman–Crippen LogP) is 4.03. The molecule has 1 unspecified atom stereocenters. The molecule has 0 saturated carbocycles. The van der Waals surface area contributed by atoms with Gasteiger partial charge < -0.3 is 0 Å². The average Bonchev–Trinajstić information content (AvgIpc) is 2.18. The molecule has 0 aliphatic rings. The molecule has 0 bridgehead atoms. The van der Waals surface area contributed by atoms with Crippen LogP contribution >= 0.6 is 23.2 Å². The highest BCUT2D eigenvalue weighted by atomic mass is 35.5. The Bertz CT molecular complexity index is 398. The second-order valence-corrected chi connectivity index (χ2v) is 4.40. The summed E-state index contributed by atoms with van der Waals surface area (Å²) in [5, 5.41) is 0.971. The van der Waals surface area contributed by atoms with Crippen LogP contribution in [-0.4, -0.2) is 6.08 Å². The van der Waals surface area contributed by atoms with Crippen molar-refractivity contribution in [1.29, 1.82) is 0 Å². The molecule has 1 aromatic rings. The minimum Gasteiger partial charge on any atom is -0.211 e. The van der Waals surface area contributed by atoms with E-state index in [1.807, 2.05) is 19.9 Å². The number of isocyanates is 1. The van der Waals surface area contributed by atoms with Gasteiger partial charge in [-0.15, -0.1) is 0 Å². The molecule has 2 nitrogen and oxygen atoms in total. The van der Waals surface area contributed by atoms with Crippen molar-refractivity contribution in [3.05, 3.63) is 33.8 Å². The highest BCUT2D eigenvalue weighted by molar-refractivity contribution is 6.42. The molecule has 0 amide bonds. The van der Waals surface area contributed by atoms with E-state index in [0.29, 0.717) is 10.0 Å². The summed E-state index contributed by atoms with van der Waals surface area (Å²) in [6, 6.07) is 5.04. The Morgan fingerprint density at radius 2 is 1.93 bits per heavy atom. The van der Waals surface area contributed by atoms with E-state index in [1.54, 1.807) is 18.2 Å². The molecule has 0 heterocycles. The molecule has 1 rings (SSSR count). The first-order valence-electron chi connectivity index (χ1n) is 4.58. The molecule has 0 radical (unpaired) electrons. The maximum atomic E-state index is 10.3. The Labute approximate surface area is 98.9 Å². The van der Waals surface area contributed by atoms with Crippen LogP contribution in [0.1, 0.15) is 25.5 Å². The Balaban J connectivity index is 3.12. The summed E-state index contributed by atoms with van der Waals surface area (Å²) >= 11 is 11.7. The van der Waals surface area contributed by atoms with Crippen LogP contribution in [0.5, 0.6) is 0 Å². The summed E-state index contributed by atoms with van der Waals surface area (Å²) in [6.45, 7) is 3.96. The number of aliphatic imine (C=N–C) groups is 1. The van der Waals surface area contributed by atoms with Gasteiger partial charge in [0.1, 0.15) is 0 Å². The van der Waals surface area contributed by atoms with E-state index in [-0.39, 0.29) is 12.0 Å². The summed E-state index contributed by atoms with van der Waals surface area (Å²) in [5.41, 5.74) is 0.878. The molecule has 15 heavy (non-hydrogen) atoms. The number of benzene rings is 1. The van der Waals surface area contributed by atoms with Crippen LogP contribution in [0.4, 0.5) is 0 Å². The Morgan fingerprint density at radius 1 is 1.27 bits per heavy atom. The third kappa shape index (κ3) is 3.07. The minimum atomic E-state index is -0.211. The van der Waals surface area contributed by atoms with E-state index < -0.39 is 0 Å². The van der Waals surface area contributed by atoms with E-state index in [4.69, 9.17) is 23.2 Å². The van der Waals surface area contributed by atoms with Gasteiger partial charge in [0.05, 0.1) is 16.1 Å². The van der Waals surface area contributed by atoms with Crippen LogP contribution in [-0.2, 0) is 4.79 Å². The van der Waals surface area contributed by atoms with Crippen LogP contribution in [0.2, 0.25) is 10.0 Å². The van der Waals surface area contributed by atoms with Crippen molar-refractivity contribution in [3.8, 4) is 0 Å². The highest BCUT2D eigenvalue weighted by Crippen LogP contribution is 2.30. The molecule has 0 aromatic heterocycles. The zero-order chi connectivity index (χ0) is 11.4. The Hall–Kier alpha value is -0.820. The van der Waals surface area contributed by atoms with Crippen molar-refractivity contribution in [1.82, 2.24) is 0 Å². The summed E-state index contributed by atoms with van der Waals surface area (Å²) in [4.78, 5) is 14.1. The van der Waals surface area contributed by atoms with Gasteiger partial charge >= 0.3 is 0 Å². The first kappa shape index (κ1) is 12.3. The highest BCUT2D eigenvalue weighted by Gasteiger charge is 2.15. The van der Waals surface area contributed by atoms with E-state index >= 15 is 0 Å². The minimum absolute atomic E-state index is 0.211. The smallest absolute Gasteiger partial charge is 0.211 e. The largest absolute Gasteiger partial charge is 0.235 e. The maximum Gasteiger partial charge on any atom is 0.235 e. The van der Waals surface area contributed by atoms with Crippen molar-refractivity contribution in [2.45, 2.75) is 19.9 Å². The first-order valence-corrected chi connectivity index (χ1v) is 5.33. The fraction of sp³-hybridized carbons (Fsp3) is 0.364. The van der Waals surface area contributed by atoms with Crippen molar-refractivity contribution in [3.63, 3.8) is 0 Å². The summed E-state index contributed by atoms with van der Waals surface area (Å²) < 4.78 is 0. The summed E-state index contributed by atoms with van der Waals surface area (Å²) in [5.74, 6) is 0.212. The number of rotatable bonds is 3. The van der Waals surface area contributed by atoms with Gasteiger partial charge in [0.2, 0.25) is 6.08 Å². The van der Waals surface area contributed by atoms with Crippen LogP contribution in [0.25, 0.3) is 0 Å². The van der Waals surface area contributed by atoms with Crippen LogP contribution < -0.4 is 0 Å². The molecule has 0 fully saturated rings. The van der Waals surface area contributed by atoms with E-state index in [9.17, 15) is 4.79 Å². The lowest BCUT2D eigenvalue weighted by Crippen LogP contribution is -2.03. The molecule has 0 saturated heterocycles. The van der Waals surface area contributed by atoms with Crippen molar-refractivity contribution < 1.29 is 4.79 Å². The lowest BCUT2D eigenvalue weighted by molar-refractivity contribution is 0.502. The van der Waals surface area contributed by atoms with Crippen LogP contribution in [0, 0.1) is 5.92 Å². The molecular weight excluding hydrogens is 233 g/mol. The fourth-order valence-corrected chi connectivity index (χ4v) is 1.67. The third-order valence-electron chi connectivity index (χ3n) is 2.11. The monoisotopic (exact) mass is 243 g/mol. The van der Waals surface area contributed by atoms with E-state index in [1.165, 1.54) is 0 Å². The van der Waals surface area contributed by atoms with E-state index in [2.05, 4.69) is 4.99 Å². The quantitative estimate of drug-likeness (QED) is 0.583. The molecule has 1 atom stereocenters. The number of hydrogen-bond acceptors (Lipinski definition) is 2. The van der Waals surface area contributed by atoms with Gasteiger partial charge in [-0.25, -0.2) is 4.79 Å². The third-order valence-corrected chi connectivity index (χ3v) is 2.85. The second kappa shape index (κ2) is 5.32. The lowest BCUT2D eigenvalue weighted by atomic mass is 9.97. The average molecular weight is 244 g/mol. The topological polar surface area (TPSA) is 29.4 Å². The SMILES string of the molecule is CC(C)C(N=C=O)c1ccc(Cl)c(Cl)c1. The zero-order valence-corrected chi connectivity index (χ0v) is 10.0. The number of carbonyl (C=O) groups excluding carboxylic acids is 1. The summed E-state index contributed by atoms with van der Waals surface area (Å²) in [7, 11) is 0. The first-order chi connectivity index (χ1) is 7.06. The molecule has 1 aromatic carbocycles. The molecular formula is C11H11Cl2NO. The van der Waals surface area contributed by atoms with Crippen molar-refractivity contribution >= 4 is 29.3 Å². The molecule has 0 N–H and O–H groups in total. The van der Waals surface area contributed by atoms with Gasteiger partial charge in [-0.3, -0.25) is 0 Å². The standard InChI is InChI=1S/C11H11Cl2NO/c1-7(2)11(14-6-15)8-3-4-9(12)10(13)5-8/h3-5,7,11H,1-2H3. The van der Waals surface area contributed by atoms with Gasteiger partial charge in [0.25, 0.3) is 0 Å². The van der Waals surface area contributed by atoms with E-state index in [0.717, 1.165) is 5.56 Å². The fourth-order valence-electron chi connectivity index (χ4n) is 1.36. The summed E-state index contributed by atoms with van der Waals surface area (Å²) in [6.07, 6.45) is 1.58. The normalized spacial score (nSPS) is 12.3. The van der Waals surface area contributed by atoms with Gasteiger partial charge in [0, 0.05) is 0 Å². The van der Waals surface area contributed by atoms with Crippen LogP contribution in [0.15, 0.2) is 23.2 Å². The lowest BCUT2D eigenvalue weighted by Gasteiger charge is -2.15. The zero-order valence-electron chi connectivity index (χ0n) is 8.50. The molecule has 0 aliphatic carbocycles. The Morgan fingerprint density at radius 3 is 2.40 bits per heavy atom. The maximum absolute atomic E-state index is 10.3. The predicted molar refractivity (Wildman–Crippen MR) is 62.2 cm³/mol. The number of hydrogen-bond donors (Lipinski definition) is 0. The number of nitrogens with zero attached hydrogens (tertiary/aromatic N) is 1. The van der Waals surface area contributed by atoms with Gasteiger partial charge in [-0.1, -0.05) is 43.1 Å². The van der Waals surface area contributed by atoms with Crippen molar-refractivity contribution in [2.75, 3.05) is 0 Å². The molecule has 4 heteroatoms. The van der Waals surface area contributed by atoms with Gasteiger partial charge in [-0.05, 0) is 23.6 Å². The van der Waals surface area contributed by atoms with Gasteiger partial charge in [-0.2, -0.15) is 4.99 Å². The Kier molecular flexibility index (Phi) is 4.34. The van der Waals surface area contributed by atoms with Crippen LogP contribution in [0.3, 0.4) is 0 Å².